The fourth-order valence-electron chi connectivity index (χ4n) is 3.19. The summed E-state index contributed by atoms with van der Waals surface area (Å²) >= 11 is 0. The van der Waals surface area contributed by atoms with Crippen LogP contribution in [-0.4, -0.2) is 31.2 Å². The van der Waals surface area contributed by atoms with E-state index in [1.165, 1.54) is 12.7 Å². The van der Waals surface area contributed by atoms with Crippen LogP contribution in [0.3, 0.4) is 0 Å². The van der Waals surface area contributed by atoms with Crippen molar-refractivity contribution in [3.05, 3.63) is 41.0 Å². The van der Waals surface area contributed by atoms with Gasteiger partial charge in [-0.25, -0.2) is 0 Å². The van der Waals surface area contributed by atoms with E-state index in [-0.39, 0.29) is 30.3 Å². The third-order valence-electron chi connectivity index (χ3n) is 4.44. The predicted molar refractivity (Wildman–Crippen MR) is 102 cm³/mol. The van der Waals surface area contributed by atoms with E-state index in [1.54, 1.807) is 0 Å². The summed E-state index contributed by atoms with van der Waals surface area (Å²) in [5, 5.41) is 0. The number of hydrogen-bond acceptors (Lipinski definition) is 5. The second-order valence-corrected chi connectivity index (χ2v) is 7.71. The van der Waals surface area contributed by atoms with Gasteiger partial charge in [-0.15, -0.1) is 0 Å². The van der Waals surface area contributed by atoms with Gasteiger partial charge in [0.05, 0.1) is 13.0 Å². The van der Waals surface area contributed by atoms with E-state index in [0.29, 0.717) is 12.8 Å². The summed E-state index contributed by atoms with van der Waals surface area (Å²) < 4.78 is 10.2. The minimum atomic E-state index is -0.450. The molecule has 1 aliphatic rings. The van der Waals surface area contributed by atoms with Crippen molar-refractivity contribution < 1.29 is 19.1 Å². The molecule has 2 unspecified atom stereocenters. The standard InChI is InChI=1S/C21H29NO4/c1-21(2,3)26-19(23)10-8-15-6-7-16-11-14(5-9-18(15)16)12-17(13-22)20(24)25-4/h5-7,9,11,15,17H,8,10,12-13,22H2,1-4H3. The van der Waals surface area contributed by atoms with E-state index in [0.717, 1.165) is 17.5 Å². The molecule has 0 spiro atoms. The average Bonchev–Trinajstić information content (AvgIpc) is 2.98. The normalized spacial score (nSPS) is 16.9. The highest BCUT2D eigenvalue weighted by Gasteiger charge is 2.23. The molecule has 0 amide bonds. The first-order valence-corrected chi connectivity index (χ1v) is 9.04. The Balaban J connectivity index is 1.98. The molecule has 2 atom stereocenters. The molecule has 142 valence electrons. The molecular weight excluding hydrogens is 330 g/mol. The smallest absolute Gasteiger partial charge is 0.310 e. The van der Waals surface area contributed by atoms with Gasteiger partial charge in [-0.05, 0) is 50.3 Å². The van der Waals surface area contributed by atoms with Crippen molar-refractivity contribution in [3.8, 4) is 0 Å². The fourth-order valence-corrected chi connectivity index (χ4v) is 3.19. The summed E-state index contributed by atoms with van der Waals surface area (Å²) in [7, 11) is 1.38. The molecule has 0 fully saturated rings. The summed E-state index contributed by atoms with van der Waals surface area (Å²) in [5.74, 6) is -0.553. The van der Waals surface area contributed by atoms with Gasteiger partial charge in [0.15, 0.2) is 0 Å². The van der Waals surface area contributed by atoms with Crippen LogP contribution in [0.2, 0.25) is 0 Å². The Labute approximate surface area is 155 Å². The van der Waals surface area contributed by atoms with Crippen molar-refractivity contribution >= 4 is 18.0 Å². The lowest BCUT2D eigenvalue weighted by Crippen LogP contribution is -2.26. The predicted octanol–water partition coefficient (Wildman–Crippen LogP) is 3.21. The highest BCUT2D eigenvalue weighted by molar-refractivity contribution is 5.73. The molecule has 1 aliphatic carbocycles. The van der Waals surface area contributed by atoms with Crippen molar-refractivity contribution in [3.63, 3.8) is 0 Å². The molecule has 1 aromatic carbocycles. The van der Waals surface area contributed by atoms with Crippen LogP contribution in [0.15, 0.2) is 24.3 Å². The van der Waals surface area contributed by atoms with E-state index in [9.17, 15) is 9.59 Å². The Morgan fingerprint density at radius 3 is 2.62 bits per heavy atom. The SMILES string of the molecule is COC(=O)C(CN)Cc1ccc2c(c1)C=CC2CCC(=O)OC(C)(C)C. The second kappa shape index (κ2) is 8.49. The van der Waals surface area contributed by atoms with Gasteiger partial charge < -0.3 is 15.2 Å². The number of benzene rings is 1. The highest BCUT2D eigenvalue weighted by atomic mass is 16.6. The molecule has 5 nitrogen and oxygen atoms in total. The lowest BCUT2D eigenvalue weighted by atomic mass is 9.92. The number of methoxy groups -OCH3 is 1. The number of carbonyl (C=O) groups excluding carboxylic acids is 2. The quantitative estimate of drug-likeness (QED) is 0.756. The lowest BCUT2D eigenvalue weighted by molar-refractivity contribution is -0.155. The van der Waals surface area contributed by atoms with Gasteiger partial charge in [-0.2, -0.15) is 0 Å². The van der Waals surface area contributed by atoms with Crippen LogP contribution in [0, 0.1) is 5.92 Å². The first-order valence-electron chi connectivity index (χ1n) is 9.04. The van der Waals surface area contributed by atoms with Crippen LogP contribution in [0.1, 0.15) is 56.2 Å². The monoisotopic (exact) mass is 359 g/mol. The molecule has 0 saturated heterocycles. The first-order chi connectivity index (χ1) is 12.2. The molecule has 0 heterocycles. The number of rotatable bonds is 7. The maximum Gasteiger partial charge on any atom is 0.310 e. The summed E-state index contributed by atoms with van der Waals surface area (Å²) in [6.07, 6.45) is 5.89. The fraction of sp³-hybridized carbons (Fsp3) is 0.524. The van der Waals surface area contributed by atoms with Gasteiger partial charge in [0.25, 0.3) is 0 Å². The van der Waals surface area contributed by atoms with E-state index in [2.05, 4.69) is 24.3 Å². The van der Waals surface area contributed by atoms with Crippen LogP contribution in [-0.2, 0) is 25.5 Å². The topological polar surface area (TPSA) is 78.6 Å². The lowest BCUT2D eigenvalue weighted by Gasteiger charge is -2.20. The van der Waals surface area contributed by atoms with Gasteiger partial charge in [-0.1, -0.05) is 30.4 Å². The number of hydrogen-bond donors (Lipinski definition) is 1. The molecule has 0 bridgehead atoms. The molecule has 5 heteroatoms. The van der Waals surface area contributed by atoms with E-state index < -0.39 is 5.60 Å². The summed E-state index contributed by atoms with van der Waals surface area (Å²) in [6, 6.07) is 6.19. The number of esters is 2. The number of fused-ring (bicyclic) bond motifs is 1. The molecule has 0 radical (unpaired) electrons. The van der Waals surface area contributed by atoms with Crippen LogP contribution in [0.25, 0.3) is 6.08 Å². The summed E-state index contributed by atoms with van der Waals surface area (Å²) in [5.41, 5.74) is 8.64. The highest BCUT2D eigenvalue weighted by Crippen LogP contribution is 2.34. The zero-order chi connectivity index (χ0) is 19.3. The third-order valence-corrected chi connectivity index (χ3v) is 4.44. The Kier molecular flexibility index (Phi) is 6.59. The Bertz CT molecular complexity index is 688. The van der Waals surface area contributed by atoms with E-state index in [1.807, 2.05) is 26.8 Å². The van der Waals surface area contributed by atoms with Crippen LogP contribution in [0.5, 0.6) is 0 Å². The maximum absolute atomic E-state index is 11.9. The molecule has 2 N–H and O–H groups in total. The Morgan fingerprint density at radius 1 is 1.27 bits per heavy atom. The first kappa shape index (κ1) is 20.2. The maximum atomic E-state index is 11.9. The molecule has 0 aliphatic heterocycles. The van der Waals surface area contributed by atoms with Gasteiger partial charge in [0.2, 0.25) is 0 Å². The average molecular weight is 359 g/mol. The minimum Gasteiger partial charge on any atom is -0.469 e. The number of allylic oxidation sites excluding steroid dienone is 1. The van der Waals surface area contributed by atoms with Crippen molar-refractivity contribution in [2.24, 2.45) is 11.7 Å². The Morgan fingerprint density at radius 2 is 2.00 bits per heavy atom. The number of ether oxygens (including phenoxy) is 2. The summed E-state index contributed by atoms with van der Waals surface area (Å²) in [4.78, 5) is 23.6. The number of nitrogens with two attached hydrogens (primary N) is 1. The zero-order valence-electron chi connectivity index (χ0n) is 16.1. The summed E-state index contributed by atoms with van der Waals surface area (Å²) in [6.45, 7) is 5.89. The van der Waals surface area contributed by atoms with E-state index >= 15 is 0 Å². The van der Waals surface area contributed by atoms with Gasteiger partial charge >= 0.3 is 11.9 Å². The van der Waals surface area contributed by atoms with E-state index in [4.69, 9.17) is 15.2 Å². The van der Waals surface area contributed by atoms with Crippen LogP contribution >= 0.6 is 0 Å². The van der Waals surface area contributed by atoms with Crippen molar-refractivity contribution in [1.29, 1.82) is 0 Å². The minimum absolute atomic E-state index is 0.167. The molecule has 26 heavy (non-hydrogen) atoms. The van der Waals surface area contributed by atoms with Gasteiger partial charge in [-0.3, -0.25) is 9.59 Å². The molecule has 2 rings (SSSR count). The van der Waals surface area contributed by atoms with Gasteiger partial charge in [0.1, 0.15) is 5.60 Å². The molecular formula is C21H29NO4. The van der Waals surface area contributed by atoms with Crippen LogP contribution in [0.4, 0.5) is 0 Å². The molecule has 0 saturated carbocycles. The second-order valence-electron chi connectivity index (χ2n) is 7.71. The van der Waals surface area contributed by atoms with Crippen molar-refractivity contribution in [1.82, 2.24) is 0 Å². The number of carbonyl (C=O) groups is 2. The van der Waals surface area contributed by atoms with Crippen LogP contribution < -0.4 is 5.73 Å². The largest absolute Gasteiger partial charge is 0.469 e. The van der Waals surface area contributed by atoms with Gasteiger partial charge in [0, 0.05) is 18.9 Å². The third kappa shape index (κ3) is 5.43. The Hall–Kier alpha value is -2.14. The van der Waals surface area contributed by atoms with Crippen molar-refractivity contribution in [2.75, 3.05) is 13.7 Å². The molecule has 1 aromatic rings. The zero-order valence-corrected chi connectivity index (χ0v) is 16.1. The van der Waals surface area contributed by atoms with Crippen molar-refractivity contribution in [2.45, 2.75) is 51.6 Å². The molecule has 0 aromatic heterocycles.